The van der Waals surface area contributed by atoms with Crippen LogP contribution in [0.2, 0.25) is 10.0 Å². The van der Waals surface area contributed by atoms with Crippen molar-refractivity contribution < 1.29 is 4.55 Å². The molecule has 1 aromatic carbocycles. The summed E-state index contributed by atoms with van der Waals surface area (Å²) in [5.41, 5.74) is 1.46. The van der Waals surface area contributed by atoms with Gasteiger partial charge in [0.15, 0.2) is 0 Å². The molecule has 1 aromatic rings. The summed E-state index contributed by atoms with van der Waals surface area (Å²) in [4.78, 5) is 8.51. The molecule has 0 saturated heterocycles. The van der Waals surface area contributed by atoms with E-state index in [1.807, 2.05) is 26.8 Å². The van der Waals surface area contributed by atoms with Gasteiger partial charge < -0.3 is 4.55 Å². The molecular formula is C15H17Cl2N3OS. The summed E-state index contributed by atoms with van der Waals surface area (Å²) in [6, 6.07) is 3.55. The van der Waals surface area contributed by atoms with Gasteiger partial charge in [-0.2, -0.15) is 0 Å². The molecule has 22 heavy (non-hydrogen) atoms. The number of nitrogens with zero attached hydrogens (tertiary/aromatic N) is 3. The van der Waals surface area contributed by atoms with Crippen LogP contribution in [0, 0.1) is 0 Å². The number of hydrogen-bond donors (Lipinski definition) is 0. The standard InChI is InChI=1S/C15H17Cl2N3OS/c1-15(2,3)22(21)20-8-10-4-5-11(14(17)13(10)16)12-9-18-6-7-19-12/h4-8,12H,9H2,1-3H3. The zero-order valence-corrected chi connectivity index (χ0v) is 14.9. The lowest BCUT2D eigenvalue weighted by molar-refractivity contribution is 0.562. The maximum atomic E-state index is 12.0. The number of rotatable bonds is 3. The molecule has 4 nitrogen and oxygen atoms in total. The van der Waals surface area contributed by atoms with Crippen molar-refractivity contribution in [2.45, 2.75) is 31.6 Å². The van der Waals surface area contributed by atoms with E-state index >= 15 is 0 Å². The Morgan fingerprint density at radius 3 is 2.59 bits per heavy atom. The Balaban J connectivity index is 2.25. The van der Waals surface area contributed by atoms with Gasteiger partial charge in [-0.15, -0.1) is 0 Å². The lowest BCUT2D eigenvalue weighted by atomic mass is 10.0. The Bertz CT molecular complexity index is 638. The predicted molar refractivity (Wildman–Crippen MR) is 96.5 cm³/mol. The summed E-state index contributed by atoms with van der Waals surface area (Å²) >= 11 is 11.3. The molecule has 118 valence electrons. The van der Waals surface area contributed by atoms with Crippen molar-refractivity contribution in [3.63, 3.8) is 0 Å². The normalized spacial score (nSPS) is 19.8. The Hall–Kier alpha value is -0.880. The zero-order chi connectivity index (χ0) is 16.3. The van der Waals surface area contributed by atoms with E-state index in [2.05, 4.69) is 14.4 Å². The second kappa shape index (κ2) is 7.13. The van der Waals surface area contributed by atoms with Crippen molar-refractivity contribution >= 4 is 53.2 Å². The van der Waals surface area contributed by atoms with Crippen LogP contribution in [0.4, 0.5) is 0 Å². The summed E-state index contributed by atoms with van der Waals surface area (Å²) in [6.45, 7) is 6.13. The molecule has 0 aliphatic carbocycles. The SMILES string of the molecule is CC(C)(C)[S+]([O-])N=Cc1ccc(C2CN=CC=N2)c(Cl)c1Cl. The molecule has 0 saturated carbocycles. The molecule has 0 amide bonds. The van der Waals surface area contributed by atoms with E-state index in [0.717, 1.165) is 5.56 Å². The van der Waals surface area contributed by atoms with E-state index in [4.69, 9.17) is 23.2 Å². The van der Waals surface area contributed by atoms with Gasteiger partial charge in [-0.3, -0.25) is 9.98 Å². The Kier molecular flexibility index (Phi) is 5.66. The van der Waals surface area contributed by atoms with Crippen molar-refractivity contribution in [2.24, 2.45) is 14.4 Å². The molecule has 0 N–H and O–H groups in total. The molecule has 0 bridgehead atoms. The van der Waals surface area contributed by atoms with Crippen molar-refractivity contribution in [2.75, 3.05) is 6.54 Å². The molecule has 1 heterocycles. The zero-order valence-electron chi connectivity index (χ0n) is 12.6. The van der Waals surface area contributed by atoms with E-state index in [1.165, 1.54) is 6.21 Å². The fourth-order valence-corrected chi connectivity index (χ4v) is 2.82. The molecule has 7 heteroatoms. The molecule has 0 spiro atoms. The first-order valence-electron chi connectivity index (χ1n) is 6.76. The molecule has 0 fully saturated rings. The van der Waals surface area contributed by atoms with Gasteiger partial charge in [-0.1, -0.05) is 39.7 Å². The Labute approximate surface area is 143 Å². The van der Waals surface area contributed by atoms with Gasteiger partial charge in [0.25, 0.3) is 0 Å². The average molecular weight is 358 g/mol. The third-order valence-electron chi connectivity index (χ3n) is 3.03. The van der Waals surface area contributed by atoms with E-state index in [9.17, 15) is 4.55 Å². The summed E-state index contributed by atoms with van der Waals surface area (Å²) in [5, 5.41) is 0.824. The summed E-state index contributed by atoms with van der Waals surface area (Å²) in [7, 11) is 0. The first-order chi connectivity index (χ1) is 10.3. The highest BCUT2D eigenvalue weighted by Crippen LogP contribution is 2.34. The fourth-order valence-electron chi connectivity index (χ4n) is 1.78. The lowest BCUT2D eigenvalue weighted by Gasteiger charge is -2.18. The van der Waals surface area contributed by atoms with Crippen molar-refractivity contribution in [3.05, 3.63) is 33.3 Å². The molecular weight excluding hydrogens is 341 g/mol. The minimum Gasteiger partial charge on any atom is -0.591 e. The van der Waals surface area contributed by atoms with Crippen LogP contribution < -0.4 is 0 Å². The van der Waals surface area contributed by atoms with Crippen LogP contribution in [-0.2, 0) is 11.4 Å². The summed E-state index contributed by atoms with van der Waals surface area (Å²) in [6.07, 6.45) is 4.82. The third kappa shape index (κ3) is 4.10. The topological polar surface area (TPSA) is 60.1 Å². The van der Waals surface area contributed by atoms with Gasteiger partial charge in [0.2, 0.25) is 0 Å². The average Bonchev–Trinajstić information content (AvgIpc) is 2.48. The molecule has 1 aliphatic rings. The highest BCUT2D eigenvalue weighted by molar-refractivity contribution is 7.91. The minimum atomic E-state index is -1.34. The number of benzene rings is 1. The molecule has 2 rings (SSSR count). The first kappa shape index (κ1) is 17.5. The molecule has 2 atom stereocenters. The van der Waals surface area contributed by atoms with Gasteiger partial charge in [-0.25, -0.2) is 0 Å². The van der Waals surface area contributed by atoms with Gasteiger partial charge in [-0.05, 0) is 26.3 Å². The van der Waals surface area contributed by atoms with Crippen molar-refractivity contribution in [3.8, 4) is 0 Å². The quantitative estimate of drug-likeness (QED) is 0.593. The van der Waals surface area contributed by atoms with Crippen LogP contribution in [-0.4, -0.2) is 34.5 Å². The van der Waals surface area contributed by atoms with Crippen LogP contribution in [0.1, 0.15) is 37.9 Å². The van der Waals surface area contributed by atoms with Crippen molar-refractivity contribution in [1.29, 1.82) is 0 Å². The van der Waals surface area contributed by atoms with Crippen LogP contribution in [0.3, 0.4) is 0 Å². The summed E-state index contributed by atoms with van der Waals surface area (Å²) in [5.74, 6) is 0. The Morgan fingerprint density at radius 2 is 2.00 bits per heavy atom. The maximum absolute atomic E-state index is 12.0. The van der Waals surface area contributed by atoms with Crippen LogP contribution in [0.5, 0.6) is 0 Å². The van der Waals surface area contributed by atoms with Gasteiger partial charge in [0.1, 0.15) is 16.1 Å². The third-order valence-corrected chi connectivity index (χ3v) is 5.28. The van der Waals surface area contributed by atoms with Crippen LogP contribution in [0.15, 0.2) is 26.5 Å². The number of aliphatic imine (C=N–C) groups is 2. The largest absolute Gasteiger partial charge is 0.591 e. The predicted octanol–water partition coefficient (Wildman–Crippen LogP) is 4.07. The lowest BCUT2D eigenvalue weighted by Crippen LogP contribution is -2.25. The summed E-state index contributed by atoms with van der Waals surface area (Å²) < 4.78 is 15.6. The number of hydrogen-bond acceptors (Lipinski definition) is 4. The minimum absolute atomic E-state index is 0.121. The highest BCUT2D eigenvalue weighted by Gasteiger charge is 2.26. The van der Waals surface area contributed by atoms with Gasteiger partial charge in [0.05, 0.1) is 28.8 Å². The second-order valence-electron chi connectivity index (χ2n) is 5.80. The van der Waals surface area contributed by atoms with E-state index in [0.29, 0.717) is 22.2 Å². The molecule has 0 radical (unpaired) electrons. The van der Waals surface area contributed by atoms with E-state index in [-0.39, 0.29) is 6.04 Å². The van der Waals surface area contributed by atoms with Gasteiger partial charge >= 0.3 is 0 Å². The van der Waals surface area contributed by atoms with Crippen LogP contribution >= 0.6 is 23.2 Å². The maximum Gasteiger partial charge on any atom is 0.144 e. The monoisotopic (exact) mass is 357 g/mol. The van der Waals surface area contributed by atoms with Crippen molar-refractivity contribution in [1.82, 2.24) is 0 Å². The Morgan fingerprint density at radius 1 is 1.27 bits per heavy atom. The smallest absolute Gasteiger partial charge is 0.144 e. The first-order valence-corrected chi connectivity index (χ1v) is 8.62. The van der Waals surface area contributed by atoms with Gasteiger partial charge in [0, 0.05) is 18.0 Å². The highest BCUT2D eigenvalue weighted by atomic mass is 35.5. The van der Waals surface area contributed by atoms with Crippen LogP contribution in [0.25, 0.3) is 0 Å². The van der Waals surface area contributed by atoms with E-state index in [1.54, 1.807) is 18.5 Å². The molecule has 1 aliphatic heterocycles. The second-order valence-corrected chi connectivity index (χ2v) is 8.49. The molecule has 0 aromatic heterocycles. The fraction of sp³-hybridized carbons (Fsp3) is 0.400. The van der Waals surface area contributed by atoms with E-state index < -0.39 is 16.1 Å². The number of halogens is 2. The molecule has 2 unspecified atom stereocenters.